The summed E-state index contributed by atoms with van der Waals surface area (Å²) >= 11 is 0. The summed E-state index contributed by atoms with van der Waals surface area (Å²) in [5, 5.41) is 3.65. The van der Waals surface area contributed by atoms with Gasteiger partial charge in [0.05, 0.1) is 0 Å². The van der Waals surface area contributed by atoms with Gasteiger partial charge in [-0.1, -0.05) is 40.7 Å². The minimum Gasteiger partial charge on any atom is -0.316 e. The summed E-state index contributed by atoms with van der Waals surface area (Å²) in [6, 6.07) is 0.679. The molecule has 7 atom stereocenters. The highest BCUT2D eigenvalue weighted by molar-refractivity contribution is 5.95. The Balaban J connectivity index is 0.000000932. The first kappa shape index (κ1) is 20.6. The van der Waals surface area contributed by atoms with E-state index in [2.05, 4.69) is 39.2 Å². The highest BCUT2D eigenvalue weighted by atomic mass is 16.1. The van der Waals surface area contributed by atoms with Gasteiger partial charge in [-0.3, -0.25) is 4.79 Å². The van der Waals surface area contributed by atoms with E-state index in [1.54, 1.807) is 6.92 Å². The second kappa shape index (κ2) is 6.43. The summed E-state index contributed by atoms with van der Waals surface area (Å²) in [6.07, 6.45) is 13.3. The highest BCUT2D eigenvalue weighted by Crippen LogP contribution is 2.86. The van der Waals surface area contributed by atoms with Crippen LogP contribution in [0.5, 0.6) is 0 Å². The lowest BCUT2D eigenvalue weighted by atomic mass is 9.46. The Kier molecular flexibility index (Phi) is 4.74. The van der Waals surface area contributed by atoms with Gasteiger partial charge in [0.1, 0.15) is 0 Å². The van der Waals surface area contributed by atoms with Crippen LogP contribution in [0.4, 0.5) is 0 Å². The molecule has 2 spiro atoms. The number of carbonyl (C=O) groups is 1. The van der Waals surface area contributed by atoms with Crippen molar-refractivity contribution in [3.63, 3.8) is 0 Å². The summed E-state index contributed by atoms with van der Waals surface area (Å²) in [5.74, 6) is 2.83. The molecule has 2 nitrogen and oxygen atoms in total. The van der Waals surface area contributed by atoms with Gasteiger partial charge in [0, 0.05) is 6.04 Å². The van der Waals surface area contributed by atoms with Gasteiger partial charge in [0.15, 0.2) is 5.78 Å². The molecule has 0 aliphatic heterocycles. The number of fused-ring (bicyclic) bond motifs is 2. The van der Waals surface area contributed by atoms with Gasteiger partial charge < -0.3 is 5.32 Å². The number of hydrogen-bond acceptors (Lipinski definition) is 2. The van der Waals surface area contributed by atoms with E-state index in [1.807, 2.05) is 13.8 Å². The molecule has 2 heteroatoms. The van der Waals surface area contributed by atoms with Crippen LogP contribution in [0.1, 0.15) is 92.9 Å². The lowest BCUT2D eigenvalue weighted by Crippen LogP contribution is -2.56. The Bertz CT molecular complexity index is 693. The van der Waals surface area contributed by atoms with Crippen LogP contribution < -0.4 is 5.32 Å². The van der Waals surface area contributed by atoms with E-state index in [0.717, 1.165) is 17.8 Å². The molecule has 0 aromatic heterocycles. The Morgan fingerprint density at radius 2 is 1.71 bits per heavy atom. The van der Waals surface area contributed by atoms with Crippen molar-refractivity contribution in [1.82, 2.24) is 5.32 Å². The second-order valence-corrected chi connectivity index (χ2v) is 11.4. The molecule has 158 valence electrons. The number of hydrogen-bond donors (Lipinski definition) is 1. The molecule has 5 rings (SSSR count). The van der Waals surface area contributed by atoms with Gasteiger partial charge >= 0.3 is 0 Å². The number of allylic oxidation sites excluding steroid dienone is 2. The van der Waals surface area contributed by atoms with E-state index in [1.165, 1.54) is 56.9 Å². The van der Waals surface area contributed by atoms with Gasteiger partial charge in [0.2, 0.25) is 0 Å². The van der Waals surface area contributed by atoms with Crippen molar-refractivity contribution in [3.8, 4) is 0 Å². The Hall–Kier alpha value is -0.630. The van der Waals surface area contributed by atoms with Crippen molar-refractivity contribution >= 4 is 5.78 Å². The Labute approximate surface area is 173 Å². The molecule has 0 amide bonds. The van der Waals surface area contributed by atoms with Crippen LogP contribution in [0.25, 0.3) is 0 Å². The monoisotopic (exact) mass is 385 g/mol. The maximum atomic E-state index is 12.3. The molecule has 0 aromatic rings. The number of carbonyl (C=O) groups excluding carboxylic acids is 1. The first-order valence-corrected chi connectivity index (χ1v) is 12.1. The van der Waals surface area contributed by atoms with Crippen LogP contribution >= 0.6 is 0 Å². The third kappa shape index (κ3) is 2.28. The number of ketones is 1. The summed E-state index contributed by atoms with van der Waals surface area (Å²) in [7, 11) is 2.16. The van der Waals surface area contributed by atoms with Crippen molar-refractivity contribution in [2.75, 3.05) is 7.05 Å². The van der Waals surface area contributed by atoms with Crippen molar-refractivity contribution in [3.05, 3.63) is 11.6 Å². The lowest BCUT2D eigenvalue weighted by molar-refractivity contribution is -0.117. The van der Waals surface area contributed by atoms with Crippen molar-refractivity contribution in [2.24, 2.45) is 39.4 Å². The van der Waals surface area contributed by atoms with Crippen LogP contribution in [-0.2, 0) is 4.79 Å². The van der Waals surface area contributed by atoms with E-state index in [-0.39, 0.29) is 5.41 Å². The van der Waals surface area contributed by atoms with E-state index < -0.39 is 0 Å². The van der Waals surface area contributed by atoms with Crippen LogP contribution in [0.3, 0.4) is 0 Å². The zero-order valence-corrected chi connectivity index (χ0v) is 19.5. The normalized spacial score (nSPS) is 50.0. The predicted octanol–water partition coefficient (Wildman–Crippen LogP) is 6.16. The minimum absolute atomic E-state index is 0.177. The fourth-order valence-corrected chi connectivity index (χ4v) is 9.52. The average molecular weight is 386 g/mol. The van der Waals surface area contributed by atoms with Crippen LogP contribution in [-0.4, -0.2) is 18.9 Å². The number of rotatable bonds is 2. The molecule has 5 aliphatic rings. The Morgan fingerprint density at radius 1 is 1.00 bits per heavy atom. The zero-order chi connectivity index (χ0) is 20.5. The molecule has 28 heavy (non-hydrogen) atoms. The summed E-state index contributed by atoms with van der Waals surface area (Å²) in [5.41, 5.74) is 3.02. The summed E-state index contributed by atoms with van der Waals surface area (Å²) in [4.78, 5) is 12.3. The van der Waals surface area contributed by atoms with E-state index in [0.29, 0.717) is 28.1 Å². The first-order valence-electron chi connectivity index (χ1n) is 12.1. The predicted molar refractivity (Wildman–Crippen MR) is 117 cm³/mol. The summed E-state index contributed by atoms with van der Waals surface area (Å²) in [6.45, 7) is 13.3. The van der Waals surface area contributed by atoms with Gasteiger partial charge in [-0.25, -0.2) is 0 Å². The van der Waals surface area contributed by atoms with Crippen LogP contribution in [0.15, 0.2) is 11.6 Å². The standard InChI is InChI=1S/C24H37NO.C2H6/c1-15(26)16-6-7-17-18-8-9-19-21(2,3)20(25-5)10-11-24(19)14-23(18,24)13-12-22(16,17)4;1-2/h6,17-20,25H,7-14H2,1-5H3;1-2H3. The second-order valence-electron chi connectivity index (χ2n) is 11.4. The molecule has 0 saturated heterocycles. The molecule has 4 fully saturated rings. The minimum atomic E-state index is 0.177. The number of nitrogens with one attached hydrogen (secondary N) is 1. The molecule has 0 radical (unpaired) electrons. The SMILES string of the molecule is CC.CNC1CCC23CC24CCC2(C)C(C(C)=O)=CCC2C4CCC3C1(C)C. The van der Waals surface area contributed by atoms with Gasteiger partial charge in [0.25, 0.3) is 0 Å². The van der Waals surface area contributed by atoms with Gasteiger partial charge in [-0.05, 0) is 110 Å². The molecule has 0 bridgehead atoms. The highest BCUT2D eigenvalue weighted by Gasteiger charge is 2.79. The van der Waals surface area contributed by atoms with Gasteiger partial charge in [-0.15, -0.1) is 0 Å². The zero-order valence-electron chi connectivity index (χ0n) is 19.5. The maximum Gasteiger partial charge on any atom is 0.156 e. The topological polar surface area (TPSA) is 29.1 Å². The van der Waals surface area contributed by atoms with Crippen molar-refractivity contribution < 1.29 is 4.79 Å². The summed E-state index contributed by atoms with van der Waals surface area (Å²) < 4.78 is 0. The molecule has 1 N–H and O–H groups in total. The first-order chi connectivity index (χ1) is 13.2. The molecular weight excluding hydrogens is 342 g/mol. The Morgan fingerprint density at radius 3 is 2.36 bits per heavy atom. The van der Waals surface area contributed by atoms with Crippen LogP contribution in [0, 0.1) is 39.4 Å². The average Bonchev–Trinajstić information content (AvgIpc) is 3.19. The molecule has 4 saturated carbocycles. The molecule has 7 unspecified atom stereocenters. The fourth-order valence-electron chi connectivity index (χ4n) is 9.52. The lowest BCUT2D eigenvalue weighted by Gasteiger charge is -2.59. The largest absolute Gasteiger partial charge is 0.316 e. The van der Waals surface area contributed by atoms with E-state index >= 15 is 0 Å². The third-order valence-electron chi connectivity index (χ3n) is 10.6. The van der Waals surface area contributed by atoms with Crippen molar-refractivity contribution in [1.29, 1.82) is 0 Å². The molecule has 5 aliphatic carbocycles. The van der Waals surface area contributed by atoms with Crippen LogP contribution in [0.2, 0.25) is 0 Å². The molecular formula is C26H43NO. The third-order valence-corrected chi connectivity index (χ3v) is 10.6. The molecule has 0 heterocycles. The van der Waals surface area contributed by atoms with Crippen molar-refractivity contribution in [2.45, 2.75) is 99.0 Å². The van der Waals surface area contributed by atoms with E-state index in [9.17, 15) is 4.79 Å². The maximum absolute atomic E-state index is 12.3. The molecule has 0 aromatic carbocycles. The van der Waals surface area contributed by atoms with Gasteiger partial charge in [-0.2, -0.15) is 0 Å². The van der Waals surface area contributed by atoms with E-state index in [4.69, 9.17) is 0 Å². The fraction of sp³-hybridized carbons (Fsp3) is 0.885. The quantitative estimate of drug-likeness (QED) is 0.617. The smallest absolute Gasteiger partial charge is 0.156 e. The number of Topliss-reactive ketones (excluding diaryl/α,β-unsaturated/α-hetero) is 1.